The minimum Gasteiger partial charge on any atom is -0.366 e. The molecular weight excluding hydrogens is 268 g/mol. The van der Waals surface area contributed by atoms with Crippen LogP contribution in [0.3, 0.4) is 0 Å². The van der Waals surface area contributed by atoms with Crippen LogP contribution in [-0.4, -0.2) is 14.9 Å². The molecule has 1 N–H and O–H groups in total. The maximum Gasteiger partial charge on any atom is 0.269 e. The second kappa shape index (κ2) is 5.62. The van der Waals surface area contributed by atoms with Gasteiger partial charge in [0.05, 0.1) is 4.92 Å². The van der Waals surface area contributed by atoms with E-state index in [2.05, 4.69) is 15.3 Å². The van der Waals surface area contributed by atoms with Crippen LogP contribution in [-0.2, 0) is 6.54 Å². The zero-order valence-corrected chi connectivity index (χ0v) is 10.9. The average Bonchev–Trinajstić information content (AvgIpc) is 2.35. The second-order valence-electron chi connectivity index (χ2n) is 3.94. The largest absolute Gasteiger partial charge is 0.366 e. The van der Waals surface area contributed by atoms with Crippen molar-refractivity contribution in [3.8, 4) is 0 Å². The molecule has 0 spiro atoms. The lowest BCUT2D eigenvalue weighted by Crippen LogP contribution is -2.03. The van der Waals surface area contributed by atoms with Crippen LogP contribution in [0.2, 0.25) is 5.28 Å². The van der Waals surface area contributed by atoms with Crippen LogP contribution in [0.4, 0.5) is 11.5 Å². The van der Waals surface area contributed by atoms with Gasteiger partial charge in [0.15, 0.2) is 0 Å². The van der Waals surface area contributed by atoms with Gasteiger partial charge >= 0.3 is 0 Å². The van der Waals surface area contributed by atoms with Crippen molar-refractivity contribution in [2.75, 3.05) is 5.32 Å². The van der Waals surface area contributed by atoms with Gasteiger partial charge in [0.2, 0.25) is 5.28 Å². The summed E-state index contributed by atoms with van der Waals surface area (Å²) in [5.74, 6) is 0.587. The van der Waals surface area contributed by atoms with Crippen LogP contribution < -0.4 is 5.32 Å². The van der Waals surface area contributed by atoms with Gasteiger partial charge in [-0.25, -0.2) is 9.97 Å². The van der Waals surface area contributed by atoms with Gasteiger partial charge in [-0.1, -0.05) is 12.1 Å². The van der Waals surface area contributed by atoms with E-state index in [1.165, 1.54) is 12.1 Å². The lowest BCUT2D eigenvalue weighted by Gasteiger charge is -2.06. The highest BCUT2D eigenvalue weighted by Gasteiger charge is 2.06. The van der Waals surface area contributed by atoms with Gasteiger partial charge in [-0.3, -0.25) is 10.1 Å². The predicted octanol–water partition coefficient (Wildman–Crippen LogP) is 2.96. The summed E-state index contributed by atoms with van der Waals surface area (Å²) in [7, 11) is 0. The number of halogens is 1. The quantitative estimate of drug-likeness (QED) is 0.528. The summed E-state index contributed by atoms with van der Waals surface area (Å²) in [6.07, 6.45) is 0. The minimum absolute atomic E-state index is 0.0659. The van der Waals surface area contributed by atoms with Crippen molar-refractivity contribution >= 4 is 23.1 Å². The van der Waals surface area contributed by atoms with Crippen molar-refractivity contribution < 1.29 is 4.92 Å². The summed E-state index contributed by atoms with van der Waals surface area (Å²) in [5, 5.41) is 13.9. The summed E-state index contributed by atoms with van der Waals surface area (Å²) in [6, 6.07) is 8.17. The number of aryl methyl sites for hydroxylation is 1. The molecule has 0 unspecified atom stereocenters. The fraction of sp³-hybridized carbons (Fsp3) is 0.167. The standard InChI is InChI=1S/C12H11ClN4O2/c1-8-5-11(16-12(13)15-8)14-7-9-3-2-4-10(6-9)17(18)19/h2-6H,7H2,1H3,(H,14,15,16). The first-order valence-corrected chi connectivity index (χ1v) is 5.91. The molecule has 0 aliphatic heterocycles. The number of nitrogens with zero attached hydrogens (tertiary/aromatic N) is 3. The fourth-order valence-electron chi connectivity index (χ4n) is 1.60. The van der Waals surface area contributed by atoms with Gasteiger partial charge in [-0.2, -0.15) is 0 Å². The third-order valence-electron chi connectivity index (χ3n) is 2.42. The first-order valence-electron chi connectivity index (χ1n) is 5.53. The Hall–Kier alpha value is -2.21. The van der Waals surface area contributed by atoms with E-state index in [9.17, 15) is 10.1 Å². The topological polar surface area (TPSA) is 81.0 Å². The normalized spacial score (nSPS) is 10.2. The second-order valence-corrected chi connectivity index (χ2v) is 4.28. The van der Waals surface area contributed by atoms with Crippen molar-refractivity contribution in [2.24, 2.45) is 0 Å². The summed E-state index contributed by atoms with van der Waals surface area (Å²) in [6.45, 7) is 2.24. The maximum absolute atomic E-state index is 10.7. The highest BCUT2D eigenvalue weighted by molar-refractivity contribution is 6.28. The van der Waals surface area contributed by atoms with Crippen molar-refractivity contribution in [1.82, 2.24) is 9.97 Å². The Morgan fingerprint density at radius 1 is 1.37 bits per heavy atom. The van der Waals surface area contributed by atoms with Crippen LogP contribution in [0.15, 0.2) is 30.3 Å². The Morgan fingerprint density at radius 3 is 2.84 bits per heavy atom. The van der Waals surface area contributed by atoms with Gasteiger partial charge in [0, 0.05) is 30.4 Å². The molecule has 0 aliphatic carbocycles. The Morgan fingerprint density at radius 2 is 2.16 bits per heavy atom. The third-order valence-corrected chi connectivity index (χ3v) is 2.59. The highest BCUT2D eigenvalue weighted by Crippen LogP contribution is 2.15. The summed E-state index contributed by atoms with van der Waals surface area (Å²) >= 11 is 5.75. The molecule has 2 rings (SSSR count). The van der Waals surface area contributed by atoms with Gasteiger partial charge in [0.1, 0.15) is 5.82 Å². The van der Waals surface area contributed by atoms with E-state index < -0.39 is 4.92 Å². The average molecular weight is 279 g/mol. The first-order chi connectivity index (χ1) is 9.04. The molecule has 0 fully saturated rings. The number of rotatable bonds is 4. The number of anilines is 1. The summed E-state index contributed by atoms with van der Waals surface area (Å²) < 4.78 is 0. The zero-order valence-electron chi connectivity index (χ0n) is 10.1. The molecule has 6 nitrogen and oxygen atoms in total. The van der Waals surface area contributed by atoms with Crippen molar-refractivity contribution in [1.29, 1.82) is 0 Å². The first kappa shape index (κ1) is 13.2. The van der Waals surface area contributed by atoms with E-state index in [-0.39, 0.29) is 11.0 Å². The van der Waals surface area contributed by atoms with Crippen molar-refractivity contribution in [2.45, 2.75) is 13.5 Å². The molecule has 0 aliphatic rings. The lowest BCUT2D eigenvalue weighted by molar-refractivity contribution is -0.384. The van der Waals surface area contributed by atoms with Gasteiger partial charge in [0.25, 0.3) is 5.69 Å². The number of benzene rings is 1. The lowest BCUT2D eigenvalue weighted by atomic mass is 10.2. The Bertz CT molecular complexity index is 598. The molecule has 0 radical (unpaired) electrons. The molecule has 7 heteroatoms. The smallest absolute Gasteiger partial charge is 0.269 e. The Labute approximate surface area is 114 Å². The minimum atomic E-state index is -0.421. The van der Waals surface area contributed by atoms with Crippen LogP contribution >= 0.6 is 11.6 Å². The van der Waals surface area contributed by atoms with E-state index >= 15 is 0 Å². The van der Waals surface area contributed by atoms with Crippen LogP contribution in [0.1, 0.15) is 11.3 Å². The molecule has 0 saturated carbocycles. The number of nitro benzene ring substituents is 1. The SMILES string of the molecule is Cc1cc(NCc2cccc([N+](=O)[O-])c2)nc(Cl)n1. The van der Waals surface area contributed by atoms with E-state index in [1.807, 2.05) is 6.92 Å². The third kappa shape index (κ3) is 3.62. The van der Waals surface area contributed by atoms with Crippen LogP contribution in [0.5, 0.6) is 0 Å². The number of non-ortho nitro benzene ring substituents is 1. The summed E-state index contributed by atoms with van der Waals surface area (Å²) in [5.41, 5.74) is 1.61. The molecule has 1 aromatic carbocycles. The Balaban J connectivity index is 2.10. The number of aromatic nitrogens is 2. The van der Waals surface area contributed by atoms with Gasteiger partial charge < -0.3 is 5.32 Å². The monoisotopic (exact) mass is 278 g/mol. The van der Waals surface area contributed by atoms with Crippen LogP contribution in [0.25, 0.3) is 0 Å². The maximum atomic E-state index is 10.7. The molecule has 0 saturated heterocycles. The number of nitrogens with one attached hydrogen (secondary N) is 1. The molecule has 1 heterocycles. The molecule has 2 aromatic rings. The fourth-order valence-corrected chi connectivity index (χ4v) is 1.82. The molecule has 0 amide bonds. The molecule has 0 bridgehead atoms. The van der Waals surface area contributed by atoms with Crippen molar-refractivity contribution in [3.05, 3.63) is 57.0 Å². The van der Waals surface area contributed by atoms with E-state index in [0.717, 1.165) is 11.3 Å². The number of hydrogen-bond donors (Lipinski definition) is 1. The molecular formula is C12H11ClN4O2. The number of nitro groups is 1. The van der Waals surface area contributed by atoms with E-state index in [4.69, 9.17) is 11.6 Å². The molecule has 1 aromatic heterocycles. The van der Waals surface area contributed by atoms with Gasteiger partial charge in [-0.15, -0.1) is 0 Å². The van der Waals surface area contributed by atoms with E-state index in [0.29, 0.717) is 12.4 Å². The van der Waals surface area contributed by atoms with Gasteiger partial charge in [-0.05, 0) is 24.1 Å². The summed E-state index contributed by atoms with van der Waals surface area (Å²) in [4.78, 5) is 18.2. The molecule has 0 atom stereocenters. The Kier molecular flexibility index (Phi) is 3.91. The van der Waals surface area contributed by atoms with Crippen LogP contribution in [0, 0.1) is 17.0 Å². The molecule has 19 heavy (non-hydrogen) atoms. The number of hydrogen-bond acceptors (Lipinski definition) is 5. The highest BCUT2D eigenvalue weighted by atomic mass is 35.5. The molecule has 98 valence electrons. The van der Waals surface area contributed by atoms with Crippen molar-refractivity contribution in [3.63, 3.8) is 0 Å². The van der Waals surface area contributed by atoms with E-state index in [1.54, 1.807) is 18.2 Å². The zero-order chi connectivity index (χ0) is 13.8. The predicted molar refractivity (Wildman–Crippen MR) is 72.2 cm³/mol.